The molecule has 3 aromatic rings. The van der Waals surface area contributed by atoms with Crippen molar-refractivity contribution in [2.75, 3.05) is 19.7 Å². The molecule has 0 radical (unpaired) electrons. The summed E-state index contributed by atoms with van der Waals surface area (Å²) in [5.74, 6) is 1.11. The van der Waals surface area contributed by atoms with Crippen LogP contribution in [0.3, 0.4) is 0 Å². The molecule has 4 heteroatoms. The number of ether oxygens (including phenoxy) is 2. The van der Waals surface area contributed by atoms with Crippen molar-refractivity contribution in [2.45, 2.75) is 32.5 Å². The zero-order valence-electron chi connectivity index (χ0n) is 18.0. The zero-order chi connectivity index (χ0) is 21.5. The van der Waals surface area contributed by atoms with Gasteiger partial charge < -0.3 is 14.8 Å². The molecule has 3 aromatic carbocycles. The predicted molar refractivity (Wildman–Crippen MR) is 123 cm³/mol. The summed E-state index contributed by atoms with van der Waals surface area (Å²) in [4.78, 5) is 0. The maximum atomic E-state index is 13.4. The SMILES string of the molecule is CC(OCC1CCCNC1)c1ccc(-c2ccc(F)cc2)c(OCc2ccccc2)c1. The van der Waals surface area contributed by atoms with Crippen LogP contribution in [0.25, 0.3) is 11.1 Å². The molecule has 0 spiro atoms. The van der Waals surface area contributed by atoms with E-state index >= 15 is 0 Å². The number of piperidine rings is 1. The molecule has 0 saturated carbocycles. The highest BCUT2D eigenvalue weighted by Gasteiger charge is 2.17. The van der Waals surface area contributed by atoms with Gasteiger partial charge in [0, 0.05) is 12.1 Å². The van der Waals surface area contributed by atoms with Crippen LogP contribution in [0, 0.1) is 11.7 Å². The standard InChI is InChI=1S/C27H30FNO2/c1-20(30-19-22-8-5-15-29-17-22)24-11-14-26(23-9-12-25(28)13-10-23)27(16-24)31-18-21-6-3-2-4-7-21/h2-4,6-7,9-14,16,20,22,29H,5,8,15,17-19H2,1H3. The third kappa shape index (κ3) is 5.93. The van der Waals surface area contributed by atoms with Gasteiger partial charge in [-0.3, -0.25) is 0 Å². The largest absolute Gasteiger partial charge is 0.488 e. The van der Waals surface area contributed by atoms with Gasteiger partial charge in [-0.1, -0.05) is 54.6 Å². The lowest BCUT2D eigenvalue weighted by Crippen LogP contribution is -2.32. The Hall–Kier alpha value is -2.69. The van der Waals surface area contributed by atoms with E-state index < -0.39 is 0 Å². The van der Waals surface area contributed by atoms with Crippen LogP contribution in [-0.2, 0) is 11.3 Å². The van der Waals surface area contributed by atoms with Gasteiger partial charge in [0.05, 0.1) is 12.7 Å². The minimum atomic E-state index is -0.244. The molecule has 2 atom stereocenters. The number of rotatable bonds is 8. The quantitative estimate of drug-likeness (QED) is 0.475. The molecule has 162 valence electrons. The zero-order valence-corrected chi connectivity index (χ0v) is 18.0. The Morgan fingerprint density at radius 3 is 2.58 bits per heavy atom. The Kier molecular flexibility index (Phi) is 7.34. The number of benzene rings is 3. The Balaban J connectivity index is 1.53. The fourth-order valence-corrected chi connectivity index (χ4v) is 3.96. The van der Waals surface area contributed by atoms with E-state index in [0.717, 1.165) is 47.7 Å². The normalized spacial score (nSPS) is 17.3. The molecule has 0 aliphatic carbocycles. The molecule has 31 heavy (non-hydrogen) atoms. The maximum Gasteiger partial charge on any atom is 0.128 e. The molecule has 1 heterocycles. The van der Waals surface area contributed by atoms with Gasteiger partial charge in [-0.05, 0) is 67.1 Å². The van der Waals surface area contributed by atoms with Gasteiger partial charge in [0.2, 0.25) is 0 Å². The summed E-state index contributed by atoms with van der Waals surface area (Å²) in [6.07, 6.45) is 2.41. The van der Waals surface area contributed by atoms with Gasteiger partial charge in [-0.2, -0.15) is 0 Å². The van der Waals surface area contributed by atoms with E-state index in [1.165, 1.54) is 25.0 Å². The van der Waals surface area contributed by atoms with Crippen LogP contribution >= 0.6 is 0 Å². The monoisotopic (exact) mass is 419 g/mol. The van der Waals surface area contributed by atoms with Gasteiger partial charge in [0.15, 0.2) is 0 Å². The van der Waals surface area contributed by atoms with E-state index in [0.29, 0.717) is 12.5 Å². The highest BCUT2D eigenvalue weighted by Crippen LogP contribution is 2.34. The van der Waals surface area contributed by atoms with Crippen molar-refractivity contribution in [3.8, 4) is 16.9 Å². The third-order valence-corrected chi connectivity index (χ3v) is 5.85. The minimum Gasteiger partial charge on any atom is -0.488 e. The van der Waals surface area contributed by atoms with Crippen molar-refractivity contribution in [3.05, 3.63) is 89.7 Å². The fraction of sp³-hybridized carbons (Fsp3) is 0.333. The van der Waals surface area contributed by atoms with Crippen molar-refractivity contribution in [1.29, 1.82) is 0 Å². The highest BCUT2D eigenvalue weighted by atomic mass is 19.1. The lowest BCUT2D eigenvalue weighted by atomic mass is 9.99. The Labute approximate surface area is 184 Å². The van der Waals surface area contributed by atoms with E-state index in [9.17, 15) is 4.39 Å². The topological polar surface area (TPSA) is 30.5 Å². The molecular weight excluding hydrogens is 389 g/mol. The molecule has 1 aliphatic heterocycles. The van der Waals surface area contributed by atoms with Crippen LogP contribution in [0.2, 0.25) is 0 Å². The molecule has 0 aromatic heterocycles. The number of hydrogen-bond donors (Lipinski definition) is 1. The molecule has 2 unspecified atom stereocenters. The van der Waals surface area contributed by atoms with Crippen molar-refractivity contribution in [3.63, 3.8) is 0 Å². The van der Waals surface area contributed by atoms with Crippen LogP contribution in [0.1, 0.15) is 37.0 Å². The average molecular weight is 420 g/mol. The summed E-state index contributed by atoms with van der Waals surface area (Å²) in [5, 5.41) is 3.44. The predicted octanol–water partition coefficient (Wildman–Crippen LogP) is 6.15. The second-order valence-electron chi connectivity index (χ2n) is 8.22. The van der Waals surface area contributed by atoms with E-state index in [1.807, 2.05) is 36.4 Å². The van der Waals surface area contributed by atoms with Gasteiger partial charge in [0.1, 0.15) is 18.2 Å². The van der Waals surface area contributed by atoms with Crippen molar-refractivity contribution in [2.24, 2.45) is 5.92 Å². The molecular formula is C27H30FNO2. The van der Waals surface area contributed by atoms with Crippen LogP contribution in [0.5, 0.6) is 5.75 Å². The first-order valence-electron chi connectivity index (χ1n) is 11.1. The van der Waals surface area contributed by atoms with E-state index in [2.05, 4.69) is 24.4 Å². The van der Waals surface area contributed by atoms with Gasteiger partial charge in [-0.15, -0.1) is 0 Å². The highest BCUT2D eigenvalue weighted by molar-refractivity contribution is 5.71. The first-order valence-corrected chi connectivity index (χ1v) is 11.1. The molecule has 1 fully saturated rings. The molecule has 3 nitrogen and oxygen atoms in total. The number of nitrogens with one attached hydrogen (secondary N) is 1. The van der Waals surface area contributed by atoms with Crippen LogP contribution in [-0.4, -0.2) is 19.7 Å². The van der Waals surface area contributed by atoms with Crippen LogP contribution in [0.4, 0.5) is 4.39 Å². The molecule has 1 N–H and O–H groups in total. The number of hydrogen-bond acceptors (Lipinski definition) is 3. The third-order valence-electron chi connectivity index (χ3n) is 5.85. The molecule has 1 saturated heterocycles. The lowest BCUT2D eigenvalue weighted by Gasteiger charge is -2.25. The lowest BCUT2D eigenvalue weighted by molar-refractivity contribution is 0.0334. The van der Waals surface area contributed by atoms with E-state index in [-0.39, 0.29) is 11.9 Å². The first kappa shape index (κ1) is 21.5. The van der Waals surface area contributed by atoms with Crippen molar-refractivity contribution < 1.29 is 13.9 Å². The Bertz CT molecular complexity index is 953. The summed E-state index contributed by atoms with van der Waals surface area (Å²) < 4.78 is 25.9. The van der Waals surface area contributed by atoms with Crippen molar-refractivity contribution in [1.82, 2.24) is 5.32 Å². The molecule has 0 amide bonds. The average Bonchev–Trinajstić information content (AvgIpc) is 2.83. The van der Waals surface area contributed by atoms with Gasteiger partial charge in [0.25, 0.3) is 0 Å². The smallest absolute Gasteiger partial charge is 0.128 e. The fourth-order valence-electron chi connectivity index (χ4n) is 3.96. The summed E-state index contributed by atoms with van der Waals surface area (Å²) in [6, 6.07) is 22.8. The van der Waals surface area contributed by atoms with Gasteiger partial charge >= 0.3 is 0 Å². The number of halogens is 1. The van der Waals surface area contributed by atoms with Crippen LogP contribution < -0.4 is 10.1 Å². The minimum absolute atomic E-state index is 0.0248. The summed E-state index contributed by atoms with van der Waals surface area (Å²) in [5.41, 5.74) is 4.06. The Morgan fingerprint density at radius 2 is 1.84 bits per heavy atom. The second kappa shape index (κ2) is 10.6. The summed E-state index contributed by atoms with van der Waals surface area (Å²) >= 11 is 0. The van der Waals surface area contributed by atoms with Gasteiger partial charge in [-0.25, -0.2) is 4.39 Å². The first-order chi connectivity index (χ1) is 15.2. The van der Waals surface area contributed by atoms with Crippen LogP contribution in [0.15, 0.2) is 72.8 Å². The van der Waals surface area contributed by atoms with E-state index in [4.69, 9.17) is 9.47 Å². The summed E-state index contributed by atoms with van der Waals surface area (Å²) in [6.45, 7) is 5.46. The second-order valence-corrected chi connectivity index (χ2v) is 8.22. The van der Waals surface area contributed by atoms with Crippen molar-refractivity contribution >= 4 is 0 Å². The molecule has 4 rings (SSSR count). The van der Waals surface area contributed by atoms with E-state index in [1.54, 1.807) is 12.1 Å². The maximum absolute atomic E-state index is 13.4. The summed E-state index contributed by atoms with van der Waals surface area (Å²) in [7, 11) is 0. The molecule has 1 aliphatic rings. The molecule has 0 bridgehead atoms. The Morgan fingerprint density at radius 1 is 1.03 bits per heavy atom.